The molecule has 0 radical (unpaired) electrons. The van der Waals surface area contributed by atoms with Gasteiger partial charge in [0.15, 0.2) is 0 Å². The Bertz CT molecular complexity index is 829. The average molecular weight is 366 g/mol. The Balaban J connectivity index is 1.29. The van der Waals surface area contributed by atoms with Crippen molar-refractivity contribution in [3.63, 3.8) is 0 Å². The van der Waals surface area contributed by atoms with Crippen LogP contribution in [0.25, 0.3) is 0 Å². The number of rotatable bonds is 3. The van der Waals surface area contributed by atoms with Gasteiger partial charge in [0.1, 0.15) is 12.4 Å². The highest BCUT2D eigenvalue weighted by Crippen LogP contribution is 2.26. The summed E-state index contributed by atoms with van der Waals surface area (Å²) in [4.78, 5) is 28.4. The molecule has 0 spiro atoms. The van der Waals surface area contributed by atoms with Crippen molar-refractivity contribution in [1.29, 1.82) is 0 Å². The maximum Gasteiger partial charge on any atom is 0.410 e. The predicted octanol–water partition coefficient (Wildman–Crippen LogP) is 2.72. The lowest BCUT2D eigenvalue weighted by atomic mass is 10.1. The number of hydrogen-bond donors (Lipinski definition) is 0. The number of benzene rings is 2. The third kappa shape index (κ3) is 3.89. The van der Waals surface area contributed by atoms with Crippen LogP contribution in [0.5, 0.6) is 5.75 Å². The van der Waals surface area contributed by atoms with Gasteiger partial charge in [-0.25, -0.2) is 4.79 Å². The van der Waals surface area contributed by atoms with E-state index in [9.17, 15) is 9.59 Å². The van der Waals surface area contributed by atoms with E-state index in [1.165, 1.54) is 0 Å². The van der Waals surface area contributed by atoms with Crippen LogP contribution in [0, 0.1) is 0 Å². The molecule has 2 aromatic rings. The van der Waals surface area contributed by atoms with Gasteiger partial charge in [0.05, 0.1) is 6.61 Å². The average Bonchev–Trinajstić information content (AvgIpc) is 3.20. The summed E-state index contributed by atoms with van der Waals surface area (Å²) in [6.07, 6.45) is 0.512. The van der Waals surface area contributed by atoms with Crippen molar-refractivity contribution in [2.45, 2.75) is 13.0 Å². The first kappa shape index (κ1) is 17.4. The Morgan fingerprint density at radius 2 is 1.70 bits per heavy atom. The second-order valence-electron chi connectivity index (χ2n) is 6.74. The molecule has 0 atom stereocenters. The first-order chi connectivity index (χ1) is 13.2. The summed E-state index contributed by atoms with van der Waals surface area (Å²) < 4.78 is 10.9. The summed E-state index contributed by atoms with van der Waals surface area (Å²) >= 11 is 0. The fourth-order valence-corrected chi connectivity index (χ4v) is 3.40. The lowest BCUT2D eigenvalue weighted by Gasteiger charge is -2.34. The van der Waals surface area contributed by atoms with Gasteiger partial charge in [0.2, 0.25) is 0 Å². The summed E-state index contributed by atoms with van der Waals surface area (Å²) in [7, 11) is 0. The van der Waals surface area contributed by atoms with E-state index in [4.69, 9.17) is 9.47 Å². The minimum Gasteiger partial charge on any atom is -0.493 e. The molecule has 0 bridgehead atoms. The Kier molecular flexibility index (Phi) is 4.96. The first-order valence-corrected chi connectivity index (χ1v) is 9.21. The van der Waals surface area contributed by atoms with Crippen LogP contribution in [0.4, 0.5) is 4.79 Å². The fraction of sp³-hybridized carbons (Fsp3) is 0.333. The molecule has 2 heterocycles. The number of fused-ring (bicyclic) bond motifs is 1. The number of hydrogen-bond acceptors (Lipinski definition) is 4. The summed E-state index contributed by atoms with van der Waals surface area (Å²) in [5.41, 5.74) is 2.73. The lowest BCUT2D eigenvalue weighted by molar-refractivity contribution is 0.0544. The SMILES string of the molecule is O=C(OCc1ccccc1)N1CCN(C(=O)c2ccc3c(c2)CCO3)CC1. The van der Waals surface area contributed by atoms with Crippen LogP contribution in [-0.2, 0) is 17.8 Å². The monoisotopic (exact) mass is 366 g/mol. The van der Waals surface area contributed by atoms with Crippen molar-refractivity contribution < 1.29 is 19.1 Å². The Morgan fingerprint density at radius 1 is 0.963 bits per heavy atom. The molecular weight excluding hydrogens is 344 g/mol. The maximum atomic E-state index is 12.7. The van der Waals surface area contributed by atoms with Crippen molar-refractivity contribution >= 4 is 12.0 Å². The number of ether oxygens (including phenoxy) is 2. The largest absolute Gasteiger partial charge is 0.493 e. The van der Waals surface area contributed by atoms with Crippen LogP contribution in [-0.4, -0.2) is 54.6 Å². The van der Waals surface area contributed by atoms with Crippen molar-refractivity contribution in [3.05, 3.63) is 65.2 Å². The molecule has 6 nitrogen and oxygen atoms in total. The highest BCUT2D eigenvalue weighted by atomic mass is 16.6. The van der Waals surface area contributed by atoms with E-state index in [-0.39, 0.29) is 18.6 Å². The summed E-state index contributed by atoms with van der Waals surface area (Å²) in [6.45, 7) is 2.91. The highest BCUT2D eigenvalue weighted by Gasteiger charge is 2.26. The van der Waals surface area contributed by atoms with Gasteiger partial charge < -0.3 is 19.3 Å². The molecule has 0 saturated carbocycles. The van der Waals surface area contributed by atoms with Crippen LogP contribution in [0.3, 0.4) is 0 Å². The van der Waals surface area contributed by atoms with Gasteiger partial charge in [-0.2, -0.15) is 0 Å². The molecular formula is C21H22N2O4. The number of piperazine rings is 1. The molecule has 4 rings (SSSR count). The molecule has 140 valence electrons. The third-order valence-electron chi connectivity index (χ3n) is 4.97. The van der Waals surface area contributed by atoms with Crippen LogP contribution in [0.1, 0.15) is 21.5 Å². The van der Waals surface area contributed by atoms with Gasteiger partial charge in [-0.3, -0.25) is 4.79 Å². The van der Waals surface area contributed by atoms with Crippen molar-refractivity contribution in [2.24, 2.45) is 0 Å². The molecule has 27 heavy (non-hydrogen) atoms. The van der Waals surface area contributed by atoms with Crippen molar-refractivity contribution in [2.75, 3.05) is 32.8 Å². The molecule has 2 aliphatic heterocycles. The first-order valence-electron chi connectivity index (χ1n) is 9.21. The van der Waals surface area contributed by atoms with Gasteiger partial charge in [0.25, 0.3) is 5.91 Å². The van der Waals surface area contributed by atoms with Crippen LogP contribution < -0.4 is 4.74 Å². The summed E-state index contributed by atoms with van der Waals surface area (Å²) in [5, 5.41) is 0. The Morgan fingerprint density at radius 3 is 2.48 bits per heavy atom. The molecule has 0 N–H and O–H groups in total. The van der Waals surface area contributed by atoms with E-state index in [1.807, 2.05) is 48.5 Å². The molecule has 1 fully saturated rings. The van der Waals surface area contributed by atoms with Gasteiger partial charge in [-0.1, -0.05) is 30.3 Å². The highest BCUT2D eigenvalue weighted by molar-refractivity contribution is 5.94. The van der Waals surface area contributed by atoms with Crippen LogP contribution in [0.2, 0.25) is 0 Å². The molecule has 6 heteroatoms. The molecule has 0 aromatic heterocycles. The summed E-state index contributed by atoms with van der Waals surface area (Å²) in [5.74, 6) is 0.875. The van der Waals surface area contributed by atoms with E-state index in [2.05, 4.69) is 0 Å². The number of carbonyl (C=O) groups excluding carboxylic acids is 2. The fourth-order valence-electron chi connectivity index (χ4n) is 3.40. The van der Waals surface area contributed by atoms with E-state index in [1.54, 1.807) is 9.80 Å². The Labute approximate surface area is 158 Å². The topological polar surface area (TPSA) is 59.1 Å². The summed E-state index contributed by atoms with van der Waals surface area (Å²) in [6, 6.07) is 15.2. The van der Waals surface area contributed by atoms with E-state index < -0.39 is 0 Å². The number of amides is 2. The standard InChI is InChI=1S/C21H22N2O4/c24-20(18-6-7-19-17(14-18)8-13-26-19)22-9-11-23(12-10-22)21(25)27-15-16-4-2-1-3-5-16/h1-7,14H,8-13,15H2. The van der Waals surface area contributed by atoms with Gasteiger partial charge in [-0.15, -0.1) is 0 Å². The number of carbonyl (C=O) groups is 2. The molecule has 2 amide bonds. The number of nitrogens with zero attached hydrogens (tertiary/aromatic N) is 2. The maximum absolute atomic E-state index is 12.7. The molecule has 1 saturated heterocycles. The second kappa shape index (κ2) is 7.70. The normalized spacial score (nSPS) is 15.9. The zero-order chi connectivity index (χ0) is 18.6. The van der Waals surface area contributed by atoms with Crippen LogP contribution >= 0.6 is 0 Å². The third-order valence-corrected chi connectivity index (χ3v) is 4.97. The smallest absolute Gasteiger partial charge is 0.410 e. The predicted molar refractivity (Wildman–Crippen MR) is 99.7 cm³/mol. The molecule has 2 aromatic carbocycles. The minimum absolute atomic E-state index is 0.00185. The zero-order valence-corrected chi connectivity index (χ0v) is 15.1. The van der Waals surface area contributed by atoms with E-state index in [0.717, 1.165) is 23.3 Å². The second-order valence-corrected chi connectivity index (χ2v) is 6.74. The molecule has 0 aliphatic carbocycles. The minimum atomic E-state index is -0.333. The molecule has 2 aliphatic rings. The Hall–Kier alpha value is -3.02. The van der Waals surface area contributed by atoms with Gasteiger partial charge in [0, 0.05) is 38.2 Å². The molecule has 0 unspecified atom stereocenters. The van der Waals surface area contributed by atoms with Crippen molar-refractivity contribution in [3.8, 4) is 5.75 Å². The lowest BCUT2D eigenvalue weighted by Crippen LogP contribution is -2.50. The van der Waals surface area contributed by atoms with Crippen LogP contribution in [0.15, 0.2) is 48.5 Å². The van der Waals surface area contributed by atoms with Gasteiger partial charge >= 0.3 is 6.09 Å². The van der Waals surface area contributed by atoms with Crippen molar-refractivity contribution in [1.82, 2.24) is 9.80 Å². The van der Waals surface area contributed by atoms with E-state index in [0.29, 0.717) is 38.3 Å². The quantitative estimate of drug-likeness (QED) is 0.838. The van der Waals surface area contributed by atoms with Gasteiger partial charge in [-0.05, 0) is 29.3 Å². The van der Waals surface area contributed by atoms with E-state index >= 15 is 0 Å². The zero-order valence-electron chi connectivity index (χ0n) is 15.1.